The molecular formula is C11H13Cl2NO2. The number of hydrogen-bond donors (Lipinski definition) is 1. The zero-order chi connectivity index (χ0) is 12.1. The highest BCUT2D eigenvalue weighted by atomic mass is 35.5. The molecule has 0 saturated carbocycles. The van der Waals surface area contributed by atoms with Crippen LogP contribution in [-0.2, 0) is 4.79 Å². The number of carboxylic acids is 1. The van der Waals surface area contributed by atoms with Crippen LogP contribution in [-0.4, -0.2) is 24.7 Å². The molecule has 16 heavy (non-hydrogen) atoms. The third kappa shape index (κ3) is 3.91. The number of nitrogens with zero attached hydrogens (tertiary/aromatic N) is 1. The number of hydrogen-bond acceptors (Lipinski definition) is 2. The first kappa shape index (κ1) is 13.1. The van der Waals surface area contributed by atoms with E-state index in [0.29, 0.717) is 23.0 Å². The van der Waals surface area contributed by atoms with Gasteiger partial charge in [-0.25, -0.2) is 0 Å². The Kier molecular flexibility index (Phi) is 4.90. The van der Waals surface area contributed by atoms with Gasteiger partial charge in [0.2, 0.25) is 0 Å². The Morgan fingerprint density at radius 1 is 1.44 bits per heavy atom. The molecule has 0 bridgehead atoms. The summed E-state index contributed by atoms with van der Waals surface area (Å²) in [6.07, 6.45) is 0.733. The number of rotatable bonds is 5. The molecule has 0 atom stereocenters. The molecule has 0 aromatic heterocycles. The SMILES string of the molecule is CN(CCCC(=O)O)c1cc(Cl)ccc1Cl. The van der Waals surface area contributed by atoms with Crippen LogP contribution in [0.2, 0.25) is 10.0 Å². The van der Waals surface area contributed by atoms with E-state index in [2.05, 4.69) is 0 Å². The second-order valence-electron chi connectivity index (χ2n) is 3.51. The number of carbonyl (C=O) groups is 1. The Morgan fingerprint density at radius 3 is 2.75 bits per heavy atom. The zero-order valence-corrected chi connectivity index (χ0v) is 10.4. The lowest BCUT2D eigenvalue weighted by Crippen LogP contribution is -2.19. The van der Waals surface area contributed by atoms with Crippen molar-refractivity contribution in [2.45, 2.75) is 12.8 Å². The average Bonchev–Trinajstić information content (AvgIpc) is 2.21. The third-order valence-corrected chi connectivity index (χ3v) is 2.76. The van der Waals surface area contributed by atoms with Crippen LogP contribution in [0.1, 0.15) is 12.8 Å². The Hall–Kier alpha value is -0.930. The summed E-state index contributed by atoms with van der Waals surface area (Å²) >= 11 is 11.9. The fourth-order valence-corrected chi connectivity index (χ4v) is 1.79. The van der Waals surface area contributed by atoms with Crippen LogP contribution in [0.3, 0.4) is 0 Å². The minimum Gasteiger partial charge on any atom is -0.481 e. The van der Waals surface area contributed by atoms with Crippen LogP contribution < -0.4 is 4.90 Å². The summed E-state index contributed by atoms with van der Waals surface area (Å²) in [4.78, 5) is 12.3. The molecule has 0 fully saturated rings. The van der Waals surface area contributed by atoms with Gasteiger partial charge in [-0.2, -0.15) is 0 Å². The van der Waals surface area contributed by atoms with Gasteiger partial charge in [-0.1, -0.05) is 23.2 Å². The normalized spacial score (nSPS) is 10.2. The molecule has 0 unspecified atom stereocenters. The highest BCUT2D eigenvalue weighted by Gasteiger charge is 2.07. The highest BCUT2D eigenvalue weighted by Crippen LogP contribution is 2.28. The molecule has 0 heterocycles. The van der Waals surface area contributed by atoms with Crippen molar-refractivity contribution in [1.82, 2.24) is 0 Å². The van der Waals surface area contributed by atoms with Crippen molar-refractivity contribution in [3.8, 4) is 0 Å². The molecule has 5 heteroatoms. The van der Waals surface area contributed by atoms with Gasteiger partial charge in [-0.3, -0.25) is 4.79 Å². The van der Waals surface area contributed by atoms with E-state index < -0.39 is 5.97 Å². The van der Waals surface area contributed by atoms with Crippen molar-refractivity contribution >= 4 is 34.9 Å². The van der Waals surface area contributed by atoms with Crippen LogP contribution in [0.15, 0.2) is 18.2 Å². The molecule has 0 radical (unpaired) electrons. The summed E-state index contributed by atoms with van der Waals surface area (Å²) in [5, 5.41) is 9.76. The predicted octanol–water partition coefficient (Wildman–Crippen LogP) is 3.29. The van der Waals surface area contributed by atoms with Crippen LogP contribution in [0.5, 0.6) is 0 Å². The summed E-state index contributed by atoms with van der Waals surface area (Å²) in [6, 6.07) is 5.22. The number of carboxylic acid groups (broad SMARTS) is 1. The standard InChI is InChI=1S/C11H13Cl2NO2/c1-14(6-2-3-11(15)16)10-7-8(12)4-5-9(10)13/h4-5,7H,2-3,6H2,1H3,(H,15,16). The van der Waals surface area contributed by atoms with Crippen molar-refractivity contribution in [3.05, 3.63) is 28.2 Å². The van der Waals surface area contributed by atoms with Crippen molar-refractivity contribution in [2.24, 2.45) is 0 Å². The first-order chi connectivity index (χ1) is 7.50. The molecule has 1 aromatic carbocycles. The first-order valence-corrected chi connectivity index (χ1v) is 5.64. The van der Waals surface area contributed by atoms with Gasteiger partial charge >= 0.3 is 5.97 Å². The highest BCUT2D eigenvalue weighted by molar-refractivity contribution is 6.35. The lowest BCUT2D eigenvalue weighted by atomic mass is 10.2. The summed E-state index contributed by atoms with van der Waals surface area (Å²) < 4.78 is 0. The van der Waals surface area contributed by atoms with E-state index in [-0.39, 0.29) is 6.42 Å². The number of aliphatic carboxylic acids is 1. The van der Waals surface area contributed by atoms with Crippen molar-refractivity contribution in [3.63, 3.8) is 0 Å². The Balaban J connectivity index is 2.61. The Bertz CT molecular complexity index is 382. The number of benzene rings is 1. The van der Waals surface area contributed by atoms with Crippen LogP contribution >= 0.6 is 23.2 Å². The summed E-state index contributed by atoms with van der Waals surface area (Å²) in [5.74, 6) is -0.786. The third-order valence-electron chi connectivity index (χ3n) is 2.20. The average molecular weight is 262 g/mol. The van der Waals surface area contributed by atoms with Gasteiger partial charge in [-0.05, 0) is 24.6 Å². The lowest BCUT2D eigenvalue weighted by Gasteiger charge is -2.20. The predicted molar refractivity (Wildman–Crippen MR) is 66.6 cm³/mol. The molecule has 0 amide bonds. The molecule has 88 valence electrons. The maximum atomic E-state index is 10.4. The quantitative estimate of drug-likeness (QED) is 0.885. The van der Waals surface area contributed by atoms with Gasteiger partial charge in [0.25, 0.3) is 0 Å². The maximum absolute atomic E-state index is 10.4. The topological polar surface area (TPSA) is 40.5 Å². The lowest BCUT2D eigenvalue weighted by molar-refractivity contribution is -0.137. The molecule has 1 N–H and O–H groups in total. The monoisotopic (exact) mass is 261 g/mol. The number of anilines is 1. The smallest absolute Gasteiger partial charge is 0.303 e. The minimum absolute atomic E-state index is 0.155. The molecule has 1 rings (SSSR count). The molecule has 3 nitrogen and oxygen atoms in total. The maximum Gasteiger partial charge on any atom is 0.303 e. The molecule has 0 aliphatic heterocycles. The Labute approximate surface area is 105 Å². The first-order valence-electron chi connectivity index (χ1n) is 4.88. The van der Waals surface area contributed by atoms with Crippen molar-refractivity contribution in [2.75, 3.05) is 18.5 Å². The van der Waals surface area contributed by atoms with Gasteiger partial charge in [0.1, 0.15) is 0 Å². The minimum atomic E-state index is -0.786. The van der Waals surface area contributed by atoms with Crippen LogP contribution in [0.4, 0.5) is 5.69 Å². The van der Waals surface area contributed by atoms with Crippen molar-refractivity contribution in [1.29, 1.82) is 0 Å². The van der Waals surface area contributed by atoms with E-state index in [4.69, 9.17) is 28.3 Å². The van der Waals surface area contributed by atoms with Gasteiger partial charge in [0.05, 0.1) is 10.7 Å². The molecule has 0 aliphatic carbocycles. The zero-order valence-electron chi connectivity index (χ0n) is 8.91. The van der Waals surface area contributed by atoms with Crippen molar-refractivity contribution < 1.29 is 9.90 Å². The summed E-state index contributed by atoms with van der Waals surface area (Å²) in [6.45, 7) is 0.631. The number of halogens is 2. The van der Waals surface area contributed by atoms with E-state index in [1.165, 1.54) is 0 Å². The van der Waals surface area contributed by atoms with E-state index >= 15 is 0 Å². The van der Waals surface area contributed by atoms with Crippen LogP contribution in [0.25, 0.3) is 0 Å². The summed E-state index contributed by atoms with van der Waals surface area (Å²) in [5.41, 5.74) is 0.819. The molecule has 1 aromatic rings. The fraction of sp³-hybridized carbons (Fsp3) is 0.364. The van der Waals surface area contributed by atoms with Gasteiger partial charge in [0, 0.05) is 25.0 Å². The largest absolute Gasteiger partial charge is 0.481 e. The second kappa shape index (κ2) is 5.97. The van der Waals surface area contributed by atoms with Gasteiger partial charge in [-0.15, -0.1) is 0 Å². The van der Waals surface area contributed by atoms with E-state index in [9.17, 15) is 4.79 Å². The fourth-order valence-electron chi connectivity index (χ4n) is 1.37. The van der Waals surface area contributed by atoms with Gasteiger partial charge in [0.15, 0.2) is 0 Å². The van der Waals surface area contributed by atoms with Crippen LogP contribution in [0, 0.1) is 0 Å². The molecule has 0 spiro atoms. The molecular weight excluding hydrogens is 249 g/mol. The molecule has 0 aliphatic rings. The Morgan fingerprint density at radius 2 is 2.12 bits per heavy atom. The van der Waals surface area contributed by atoms with E-state index in [0.717, 1.165) is 5.69 Å². The molecule has 0 saturated heterocycles. The summed E-state index contributed by atoms with van der Waals surface area (Å²) in [7, 11) is 1.86. The van der Waals surface area contributed by atoms with E-state index in [1.54, 1.807) is 18.2 Å². The van der Waals surface area contributed by atoms with E-state index in [1.807, 2.05) is 11.9 Å². The van der Waals surface area contributed by atoms with Gasteiger partial charge < -0.3 is 10.0 Å². The second-order valence-corrected chi connectivity index (χ2v) is 4.36.